The summed E-state index contributed by atoms with van der Waals surface area (Å²) in [7, 11) is 0. The van der Waals surface area contributed by atoms with Crippen molar-refractivity contribution in [2.45, 2.75) is 45.1 Å². The van der Waals surface area contributed by atoms with E-state index in [1.165, 1.54) is 12.1 Å². The average Bonchev–Trinajstić information content (AvgIpc) is 3.30. The zero-order valence-electron chi connectivity index (χ0n) is 15.8. The molecule has 5 rings (SSSR count). The van der Waals surface area contributed by atoms with Crippen LogP contribution >= 0.6 is 0 Å². The molecule has 0 amide bonds. The third-order valence-electron chi connectivity index (χ3n) is 5.96. The predicted molar refractivity (Wildman–Crippen MR) is 104 cm³/mol. The van der Waals surface area contributed by atoms with Gasteiger partial charge in [-0.1, -0.05) is 0 Å². The lowest BCUT2D eigenvalue weighted by molar-refractivity contribution is 0.473. The molecule has 2 aromatic heterocycles. The Hall–Kier alpha value is -3.01. The molecule has 1 saturated heterocycles. The molecule has 28 heavy (non-hydrogen) atoms. The standard InChI is InChI=1S/C21H21FN6/c1-13-8-16(22)9-17-19(13)24-11-15(10-23)20(17)27-6-2-4-14(12-27)21-26-25-18-5-3-7-28(18)21/h8-9,11,14H,2-7,12H2,1H3. The van der Waals surface area contributed by atoms with Crippen molar-refractivity contribution in [3.05, 3.63) is 46.9 Å². The molecule has 1 unspecified atom stereocenters. The number of hydrogen-bond donors (Lipinski definition) is 0. The van der Waals surface area contributed by atoms with E-state index in [2.05, 4.69) is 30.7 Å². The average molecular weight is 376 g/mol. The fourth-order valence-corrected chi connectivity index (χ4v) is 4.71. The third kappa shape index (κ3) is 2.63. The second-order valence-corrected chi connectivity index (χ2v) is 7.77. The number of nitrogens with zero attached hydrogens (tertiary/aromatic N) is 6. The largest absolute Gasteiger partial charge is 0.369 e. The number of aryl methyl sites for hydroxylation is 2. The van der Waals surface area contributed by atoms with Crippen LogP contribution in [0.4, 0.5) is 10.1 Å². The number of pyridine rings is 1. The summed E-state index contributed by atoms with van der Waals surface area (Å²) in [5, 5.41) is 19.2. The number of aromatic nitrogens is 4. The van der Waals surface area contributed by atoms with Crippen LogP contribution in [0.3, 0.4) is 0 Å². The fraction of sp³-hybridized carbons (Fsp3) is 0.429. The molecule has 142 valence electrons. The van der Waals surface area contributed by atoms with Gasteiger partial charge in [-0.25, -0.2) is 4.39 Å². The summed E-state index contributed by atoms with van der Waals surface area (Å²) < 4.78 is 16.4. The summed E-state index contributed by atoms with van der Waals surface area (Å²) in [6.45, 7) is 4.43. The Kier molecular flexibility index (Phi) is 4.00. The molecule has 2 aliphatic rings. The lowest BCUT2D eigenvalue weighted by Crippen LogP contribution is -2.36. The SMILES string of the molecule is Cc1cc(F)cc2c(N3CCCC(c4nnc5n4CCC5)C3)c(C#N)cnc12. The maximum Gasteiger partial charge on any atom is 0.137 e. The van der Waals surface area contributed by atoms with Gasteiger partial charge < -0.3 is 9.47 Å². The highest BCUT2D eigenvalue weighted by Crippen LogP contribution is 2.36. The van der Waals surface area contributed by atoms with E-state index in [1.807, 2.05) is 6.92 Å². The number of rotatable bonds is 2. The van der Waals surface area contributed by atoms with Crippen molar-refractivity contribution in [2.75, 3.05) is 18.0 Å². The van der Waals surface area contributed by atoms with Crippen molar-refractivity contribution in [3.8, 4) is 6.07 Å². The summed E-state index contributed by atoms with van der Waals surface area (Å²) in [5.74, 6) is 2.10. The highest BCUT2D eigenvalue weighted by atomic mass is 19.1. The van der Waals surface area contributed by atoms with E-state index in [4.69, 9.17) is 0 Å². The highest BCUT2D eigenvalue weighted by molar-refractivity contribution is 5.96. The van der Waals surface area contributed by atoms with Crippen LogP contribution in [0, 0.1) is 24.1 Å². The number of nitriles is 1. The molecule has 1 aromatic carbocycles. The van der Waals surface area contributed by atoms with Crippen molar-refractivity contribution < 1.29 is 4.39 Å². The first kappa shape index (κ1) is 17.1. The molecule has 3 aromatic rings. The number of hydrogen-bond acceptors (Lipinski definition) is 5. The number of fused-ring (bicyclic) bond motifs is 2. The lowest BCUT2D eigenvalue weighted by atomic mass is 9.95. The minimum atomic E-state index is -0.299. The quantitative estimate of drug-likeness (QED) is 0.685. The summed E-state index contributed by atoms with van der Waals surface area (Å²) >= 11 is 0. The van der Waals surface area contributed by atoms with Gasteiger partial charge in [-0.3, -0.25) is 4.98 Å². The zero-order chi connectivity index (χ0) is 19.3. The Labute approximate surface area is 162 Å². The van der Waals surface area contributed by atoms with Crippen LogP contribution in [0.15, 0.2) is 18.3 Å². The van der Waals surface area contributed by atoms with E-state index >= 15 is 0 Å². The van der Waals surface area contributed by atoms with Gasteiger partial charge in [-0.05, 0) is 43.9 Å². The summed E-state index contributed by atoms with van der Waals surface area (Å²) in [6.07, 6.45) is 5.78. The predicted octanol–water partition coefficient (Wildman–Crippen LogP) is 3.48. The normalized spacial score (nSPS) is 19.0. The van der Waals surface area contributed by atoms with Gasteiger partial charge in [0.2, 0.25) is 0 Å². The van der Waals surface area contributed by atoms with Crippen molar-refractivity contribution >= 4 is 16.6 Å². The van der Waals surface area contributed by atoms with Gasteiger partial charge in [-0.15, -0.1) is 10.2 Å². The van der Waals surface area contributed by atoms with Crippen molar-refractivity contribution in [3.63, 3.8) is 0 Å². The maximum atomic E-state index is 14.2. The maximum absolute atomic E-state index is 14.2. The summed E-state index contributed by atoms with van der Waals surface area (Å²) in [5.41, 5.74) is 2.82. The Balaban J connectivity index is 1.58. The Morgan fingerprint density at radius 1 is 1.21 bits per heavy atom. The summed E-state index contributed by atoms with van der Waals surface area (Å²) in [6, 6.07) is 5.25. The van der Waals surface area contributed by atoms with Crippen molar-refractivity contribution in [2.24, 2.45) is 0 Å². The number of halogens is 1. The first-order valence-corrected chi connectivity index (χ1v) is 9.81. The van der Waals surface area contributed by atoms with Gasteiger partial charge in [0.1, 0.15) is 23.5 Å². The number of piperidine rings is 1. The molecule has 0 bridgehead atoms. The van der Waals surface area contributed by atoms with Crippen LogP contribution in [0.25, 0.3) is 10.9 Å². The minimum absolute atomic E-state index is 0.262. The van der Waals surface area contributed by atoms with Gasteiger partial charge in [0.15, 0.2) is 0 Å². The second-order valence-electron chi connectivity index (χ2n) is 7.77. The fourth-order valence-electron chi connectivity index (χ4n) is 4.71. The topological polar surface area (TPSA) is 70.6 Å². The van der Waals surface area contributed by atoms with Crippen molar-refractivity contribution in [1.82, 2.24) is 19.7 Å². The number of benzene rings is 1. The smallest absolute Gasteiger partial charge is 0.137 e. The van der Waals surface area contributed by atoms with Gasteiger partial charge >= 0.3 is 0 Å². The van der Waals surface area contributed by atoms with E-state index in [-0.39, 0.29) is 11.7 Å². The molecule has 1 atom stereocenters. The molecule has 0 radical (unpaired) electrons. The van der Waals surface area contributed by atoms with E-state index < -0.39 is 0 Å². The van der Waals surface area contributed by atoms with Crippen LogP contribution in [-0.2, 0) is 13.0 Å². The van der Waals surface area contributed by atoms with Crippen molar-refractivity contribution in [1.29, 1.82) is 5.26 Å². The van der Waals surface area contributed by atoms with E-state index in [1.54, 1.807) is 6.20 Å². The first-order chi connectivity index (χ1) is 13.7. The molecule has 4 heterocycles. The van der Waals surface area contributed by atoms with Gasteiger partial charge in [-0.2, -0.15) is 5.26 Å². The molecule has 7 heteroatoms. The van der Waals surface area contributed by atoms with Gasteiger partial charge in [0.25, 0.3) is 0 Å². The molecule has 0 spiro atoms. The van der Waals surface area contributed by atoms with Crippen LogP contribution in [0.1, 0.15) is 48.0 Å². The van der Waals surface area contributed by atoms with Gasteiger partial charge in [0.05, 0.1) is 16.8 Å². The molecule has 0 aliphatic carbocycles. The van der Waals surface area contributed by atoms with E-state index in [0.717, 1.165) is 73.7 Å². The first-order valence-electron chi connectivity index (χ1n) is 9.81. The molecular weight excluding hydrogens is 355 g/mol. The van der Waals surface area contributed by atoms with Crippen LogP contribution in [0.5, 0.6) is 0 Å². The van der Waals surface area contributed by atoms with Gasteiger partial charge in [0, 0.05) is 43.6 Å². The van der Waals surface area contributed by atoms with Crippen LogP contribution < -0.4 is 4.90 Å². The van der Waals surface area contributed by atoms with Crippen LogP contribution in [0.2, 0.25) is 0 Å². The molecular formula is C21H21FN6. The third-order valence-corrected chi connectivity index (χ3v) is 5.96. The lowest BCUT2D eigenvalue weighted by Gasteiger charge is -2.35. The second kappa shape index (κ2) is 6.55. The molecule has 6 nitrogen and oxygen atoms in total. The monoisotopic (exact) mass is 376 g/mol. The molecule has 2 aliphatic heterocycles. The minimum Gasteiger partial charge on any atom is -0.369 e. The number of anilines is 1. The highest BCUT2D eigenvalue weighted by Gasteiger charge is 2.30. The van der Waals surface area contributed by atoms with Crippen LogP contribution in [-0.4, -0.2) is 32.8 Å². The zero-order valence-corrected chi connectivity index (χ0v) is 15.8. The Morgan fingerprint density at radius 2 is 2.11 bits per heavy atom. The Morgan fingerprint density at radius 3 is 2.96 bits per heavy atom. The molecule has 1 fully saturated rings. The Bertz CT molecular complexity index is 1110. The van der Waals surface area contributed by atoms with E-state index in [9.17, 15) is 9.65 Å². The molecule has 0 N–H and O–H groups in total. The summed E-state index contributed by atoms with van der Waals surface area (Å²) in [4.78, 5) is 6.64. The molecule has 0 saturated carbocycles. The van der Waals surface area contributed by atoms with E-state index in [0.29, 0.717) is 10.9 Å².